The Morgan fingerprint density at radius 1 is 1.50 bits per heavy atom. The maximum atomic E-state index is 9.15. The van der Waals surface area contributed by atoms with Gasteiger partial charge in [-0.3, -0.25) is 0 Å². The number of nitriles is 1. The molecule has 1 aromatic rings. The van der Waals surface area contributed by atoms with Crippen LogP contribution >= 0.6 is 15.9 Å². The molecule has 1 aliphatic heterocycles. The quantitative estimate of drug-likeness (QED) is 0.912. The van der Waals surface area contributed by atoms with Gasteiger partial charge in [0.1, 0.15) is 6.07 Å². The van der Waals surface area contributed by atoms with Gasteiger partial charge < -0.3 is 10.2 Å². The largest absolute Gasteiger partial charge is 0.381 e. The molecule has 2 unspecified atom stereocenters. The van der Waals surface area contributed by atoms with Crippen molar-refractivity contribution in [3.8, 4) is 6.07 Å². The van der Waals surface area contributed by atoms with E-state index in [0.717, 1.165) is 29.5 Å². The first-order chi connectivity index (χ1) is 8.60. The molecule has 0 radical (unpaired) electrons. The van der Waals surface area contributed by atoms with Crippen molar-refractivity contribution in [1.29, 1.82) is 5.26 Å². The van der Waals surface area contributed by atoms with Crippen molar-refractivity contribution >= 4 is 21.6 Å². The summed E-state index contributed by atoms with van der Waals surface area (Å²) in [5, 5.41) is 12.7. The molecule has 0 amide bonds. The van der Waals surface area contributed by atoms with Gasteiger partial charge in [0.2, 0.25) is 0 Å². The van der Waals surface area contributed by atoms with E-state index in [9.17, 15) is 0 Å². The fourth-order valence-corrected chi connectivity index (χ4v) is 2.74. The molecule has 4 heteroatoms. The van der Waals surface area contributed by atoms with Crippen LogP contribution in [-0.2, 0) is 0 Å². The number of anilines is 1. The molecule has 0 saturated carbocycles. The van der Waals surface area contributed by atoms with Gasteiger partial charge in [-0.05, 0) is 45.0 Å². The Morgan fingerprint density at radius 2 is 2.28 bits per heavy atom. The van der Waals surface area contributed by atoms with Crippen LogP contribution in [0.15, 0.2) is 22.7 Å². The van der Waals surface area contributed by atoms with Gasteiger partial charge >= 0.3 is 0 Å². The normalized spacial score (nSPS) is 24.6. The van der Waals surface area contributed by atoms with Gasteiger partial charge in [0, 0.05) is 23.1 Å². The summed E-state index contributed by atoms with van der Waals surface area (Å²) in [6.45, 7) is 3.36. The number of piperidine rings is 1. The minimum absolute atomic E-state index is 0.462. The lowest BCUT2D eigenvalue weighted by molar-refractivity contribution is 0.190. The second-order valence-corrected chi connectivity index (χ2v) is 5.91. The molecule has 1 heterocycles. The molecule has 2 atom stereocenters. The van der Waals surface area contributed by atoms with E-state index in [0.29, 0.717) is 17.6 Å². The van der Waals surface area contributed by atoms with Crippen LogP contribution in [0, 0.1) is 11.3 Å². The Hall–Kier alpha value is -1.05. The van der Waals surface area contributed by atoms with E-state index in [1.165, 1.54) is 0 Å². The summed E-state index contributed by atoms with van der Waals surface area (Å²) in [5.41, 5.74) is 1.65. The van der Waals surface area contributed by atoms with Gasteiger partial charge in [-0.15, -0.1) is 0 Å². The van der Waals surface area contributed by atoms with E-state index < -0.39 is 0 Å². The fraction of sp³-hybridized carbons (Fsp3) is 0.500. The number of benzene rings is 1. The average molecular weight is 308 g/mol. The molecule has 2 rings (SSSR count). The van der Waals surface area contributed by atoms with E-state index in [1.807, 2.05) is 18.2 Å². The highest BCUT2D eigenvalue weighted by atomic mass is 79.9. The molecule has 0 aliphatic carbocycles. The summed E-state index contributed by atoms with van der Waals surface area (Å²) >= 11 is 3.39. The van der Waals surface area contributed by atoms with E-state index >= 15 is 0 Å². The predicted molar refractivity (Wildman–Crippen MR) is 77.6 cm³/mol. The van der Waals surface area contributed by atoms with Crippen LogP contribution < -0.4 is 5.32 Å². The number of nitrogens with one attached hydrogen (secondary N) is 1. The zero-order valence-electron chi connectivity index (χ0n) is 10.8. The van der Waals surface area contributed by atoms with Gasteiger partial charge in [-0.25, -0.2) is 0 Å². The Labute approximate surface area is 117 Å². The zero-order valence-corrected chi connectivity index (χ0v) is 12.4. The van der Waals surface area contributed by atoms with Crippen LogP contribution in [0.5, 0.6) is 0 Å². The summed E-state index contributed by atoms with van der Waals surface area (Å²) in [5.74, 6) is 0. The third kappa shape index (κ3) is 3.04. The lowest BCUT2D eigenvalue weighted by Crippen LogP contribution is -2.42. The number of rotatable bonds is 2. The Bertz CT molecular complexity index is 467. The van der Waals surface area contributed by atoms with E-state index in [4.69, 9.17) is 5.26 Å². The van der Waals surface area contributed by atoms with Gasteiger partial charge in [0.15, 0.2) is 0 Å². The average Bonchev–Trinajstić information content (AvgIpc) is 2.36. The number of hydrogen-bond donors (Lipinski definition) is 1. The molecule has 3 nitrogen and oxygen atoms in total. The standard InChI is InChI=1S/C14H18BrN3/c1-10-7-13(5-6-18(10)2)17-14-4-3-12(15)8-11(14)9-16/h3-4,8,10,13,17H,5-7H2,1-2H3. The number of likely N-dealkylation sites (tertiary alicyclic amines) is 1. The van der Waals surface area contributed by atoms with Crippen molar-refractivity contribution < 1.29 is 0 Å². The summed E-state index contributed by atoms with van der Waals surface area (Å²) in [6, 6.07) is 9.11. The highest BCUT2D eigenvalue weighted by Crippen LogP contribution is 2.24. The highest BCUT2D eigenvalue weighted by molar-refractivity contribution is 9.10. The molecule has 0 aromatic heterocycles. The molecule has 1 fully saturated rings. The van der Waals surface area contributed by atoms with Crippen LogP contribution in [-0.4, -0.2) is 30.6 Å². The summed E-state index contributed by atoms with van der Waals surface area (Å²) in [7, 11) is 2.17. The first-order valence-electron chi connectivity index (χ1n) is 6.26. The minimum Gasteiger partial charge on any atom is -0.381 e. The number of nitrogens with zero attached hydrogens (tertiary/aromatic N) is 2. The van der Waals surface area contributed by atoms with Crippen molar-refractivity contribution in [2.24, 2.45) is 0 Å². The van der Waals surface area contributed by atoms with Crippen molar-refractivity contribution in [3.63, 3.8) is 0 Å². The lowest BCUT2D eigenvalue weighted by atomic mass is 9.98. The van der Waals surface area contributed by atoms with Gasteiger partial charge in [-0.1, -0.05) is 15.9 Å². The first-order valence-corrected chi connectivity index (χ1v) is 7.06. The second kappa shape index (κ2) is 5.73. The monoisotopic (exact) mass is 307 g/mol. The summed E-state index contributed by atoms with van der Waals surface area (Å²) in [6.07, 6.45) is 2.25. The van der Waals surface area contributed by atoms with Crippen molar-refractivity contribution in [2.45, 2.75) is 31.8 Å². The molecule has 1 aliphatic rings. The molecule has 0 spiro atoms. The Morgan fingerprint density at radius 3 is 2.94 bits per heavy atom. The van der Waals surface area contributed by atoms with Crippen LogP contribution in [0.25, 0.3) is 0 Å². The van der Waals surface area contributed by atoms with Crippen molar-refractivity contribution in [1.82, 2.24) is 4.90 Å². The fourth-order valence-electron chi connectivity index (χ4n) is 2.38. The van der Waals surface area contributed by atoms with Gasteiger partial charge in [0.25, 0.3) is 0 Å². The topological polar surface area (TPSA) is 39.1 Å². The molecular weight excluding hydrogens is 290 g/mol. The minimum atomic E-state index is 0.462. The molecular formula is C14H18BrN3. The lowest BCUT2D eigenvalue weighted by Gasteiger charge is -2.35. The Balaban J connectivity index is 2.08. The van der Waals surface area contributed by atoms with Gasteiger partial charge in [-0.2, -0.15) is 5.26 Å². The first kappa shape index (κ1) is 13.4. The predicted octanol–water partition coefficient (Wildman–Crippen LogP) is 3.22. The zero-order chi connectivity index (χ0) is 13.1. The SMILES string of the molecule is CC1CC(Nc2ccc(Br)cc2C#N)CCN1C. The molecule has 1 aromatic carbocycles. The van der Waals surface area contributed by atoms with Crippen LogP contribution in [0.3, 0.4) is 0 Å². The molecule has 1 N–H and O–H groups in total. The van der Waals surface area contributed by atoms with Crippen LogP contribution in [0.2, 0.25) is 0 Å². The van der Waals surface area contributed by atoms with Crippen LogP contribution in [0.1, 0.15) is 25.3 Å². The smallest absolute Gasteiger partial charge is 0.101 e. The maximum Gasteiger partial charge on any atom is 0.101 e. The van der Waals surface area contributed by atoms with Crippen LogP contribution in [0.4, 0.5) is 5.69 Å². The third-order valence-corrected chi connectivity index (χ3v) is 4.16. The molecule has 18 heavy (non-hydrogen) atoms. The third-order valence-electron chi connectivity index (χ3n) is 3.67. The number of hydrogen-bond acceptors (Lipinski definition) is 3. The van der Waals surface area contributed by atoms with E-state index in [2.05, 4.69) is 46.2 Å². The van der Waals surface area contributed by atoms with Crippen molar-refractivity contribution in [3.05, 3.63) is 28.2 Å². The maximum absolute atomic E-state index is 9.15. The van der Waals surface area contributed by atoms with E-state index in [1.54, 1.807) is 0 Å². The molecule has 1 saturated heterocycles. The summed E-state index contributed by atoms with van der Waals surface area (Å²) < 4.78 is 0.946. The molecule has 0 bridgehead atoms. The summed E-state index contributed by atoms with van der Waals surface area (Å²) in [4.78, 5) is 2.38. The Kier molecular flexibility index (Phi) is 4.26. The van der Waals surface area contributed by atoms with E-state index in [-0.39, 0.29) is 0 Å². The molecule has 96 valence electrons. The van der Waals surface area contributed by atoms with Crippen molar-refractivity contribution in [2.75, 3.05) is 18.9 Å². The highest BCUT2D eigenvalue weighted by Gasteiger charge is 2.23. The second-order valence-electron chi connectivity index (χ2n) is 5.00. The number of halogens is 1. The van der Waals surface area contributed by atoms with Gasteiger partial charge in [0.05, 0.1) is 11.3 Å².